The first-order valence-corrected chi connectivity index (χ1v) is 4.41. The molecule has 2 aromatic rings. The third-order valence-corrected chi connectivity index (χ3v) is 2.16. The van der Waals surface area contributed by atoms with Gasteiger partial charge >= 0.3 is 0 Å². The number of aromatic nitrogens is 2. The van der Waals surface area contributed by atoms with Crippen LogP contribution in [0.25, 0.3) is 5.69 Å². The highest BCUT2D eigenvalue weighted by Crippen LogP contribution is 2.20. The van der Waals surface area contributed by atoms with Gasteiger partial charge in [0.25, 0.3) is 0 Å². The lowest BCUT2D eigenvalue weighted by Gasteiger charge is -2.04. The van der Waals surface area contributed by atoms with Gasteiger partial charge in [-0.25, -0.2) is 4.68 Å². The molecule has 0 bridgehead atoms. The first kappa shape index (κ1) is 8.32. The van der Waals surface area contributed by atoms with E-state index in [0.29, 0.717) is 0 Å². The molecule has 66 valence electrons. The van der Waals surface area contributed by atoms with Crippen LogP contribution >= 0.6 is 11.6 Å². The van der Waals surface area contributed by atoms with Crippen molar-refractivity contribution < 1.29 is 0 Å². The van der Waals surface area contributed by atoms with E-state index in [1.165, 1.54) is 0 Å². The van der Waals surface area contributed by atoms with Crippen molar-refractivity contribution in [2.45, 2.75) is 6.92 Å². The smallest absolute Gasteiger partial charge is 0.0831 e. The van der Waals surface area contributed by atoms with Gasteiger partial charge in [0.15, 0.2) is 0 Å². The topological polar surface area (TPSA) is 17.8 Å². The normalized spacial score (nSPS) is 10.3. The predicted octanol–water partition coefficient (Wildman–Crippen LogP) is 2.83. The molecule has 0 N–H and O–H groups in total. The van der Waals surface area contributed by atoms with Gasteiger partial charge in [-0.1, -0.05) is 17.7 Å². The first-order chi connectivity index (χ1) is 6.27. The predicted molar refractivity (Wildman–Crippen MR) is 53.3 cm³/mol. The monoisotopic (exact) mass is 192 g/mol. The van der Waals surface area contributed by atoms with Gasteiger partial charge in [-0.3, -0.25) is 0 Å². The van der Waals surface area contributed by atoms with Gasteiger partial charge in [0.05, 0.1) is 10.7 Å². The van der Waals surface area contributed by atoms with Crippen molar-refractivity contribution in [3.8, 4) is 5.69 Å². The summed E-state index contributed by atoms with van der Waals surface area (Å²) in [7, 11) is 0. The molecule has 3 heteroatoms. The van der Waals surface area contributed by atoms with Crippen LogP contribution in [-0.2, 0) is 0 Å². The number of halogens is 1. The van der Waals surface area contributed by atoms with E-state index in [4.69, 9.17) is 11.6 Å². The minimum Gasteiger partial charge on any atom is -0.239 e. The van der Waals surface area contributed by atoms with Crippen LogP contribution in [-0.4, -0.2) is 9.78 Å². The summed E-state index contributed by atoms with van der Waals surface area (Å²) in [5, 5.41) is 4.83. The summed E-state index contributed by atoms with van der Waals surface area (Å²) in [5.41, 5.74) is 2.07. The highest BCUT2D eigenvalue weighted by atomic mass is 35.5. The fourth-order valence-electron chi connectivity index (χ4n) is 1.21. The summed E-state index contributed by atoms with van der Waals surface area (Å²) in [6, 6.07) is 7.78. The lowest BCUT2D eigenvalue weighted by Crippen LogP contribution is -1.94. The summed E-state index contributed by atoms with van der Waals surface area (Å²) in [5.74, 6) is 0. The summed E-state index contributed by atoms with van der Waals surface area (Å²) in [4.78, 5) is 0. The van der Waals surface area contributed by atoms with E-state index >= 15 is 0 Å². The van der Waals surface area contributed by atoms with E-state index in [1.54, 1.807) is 10.9 Å². The van der Waals surface area contributed by atoms with E-state index in [9.17, 15) is 0 Å². The third kappa shape index (κ3) is 1.58. The standard InChI is InChI=1S/C10H9ClN2/c1-8-3-4-10(9(11)7-8)13-6-2-5-12-13/h2-7H,1H3. The molecule has 0 saturated carbocycles. The quantitative estimate of drug-likeness (QED) is 0.680. The Kier molecular flexibility index (Phi) is 2.07. The molecule has 1 aromatic carbocycles. The maximum atomic E-state index is 6.06. The Morgan fingerprint density at radius 1 is 1.38 bits per heavy atom. The van der Waals surface area contributed by atoms with Gasteiger partial charge in [0.2, 0.25) is 0 Å². The minimum absolute atomic E-state index is 0.726. The lowest BCUT2D eigenvalue weighted by molar-refractivity contribution is 0.880. The van der Waals surface area contributed by atoms with Crippen LogP contribution in [0.4, 0.5) is 0 Å². The number of hydrogen-bond donors (Lipinski definition) is 0. The largest absolute Gasteiger partial charge is 0.239 e. The molecular formula is C10H9ClN2. The Bertz CT molecular complexity index is 407. The van der Waals surface area contributed by atoms with Crippen LogP contribution in [0.15, 0.2) is 36.7 Å². The molecule has 0 unspecified atom stereocenters. The second-order valence-corrected chi connectivity index (χ2v) is 3.31. The van der Waals surface area contributed by atoms with Crippen LogP contribution in [0.2, 0.25) is 5.02 Å². The molecular weight excluding hydrogens is 184 g/mol. The van der Waals surface area contributed by atoms with E-state index in [1.807, 2.05) is 37.4 Å². The molecule has 0 atom stereocenters. The molecule has 2 nitrogen and oxygen atoms in total. The van der Waals surface area contributed by atoms with Crippen molar-refractivity contribution in [3.05, 3.63) is 47.2 Å². The Morgan fingerprint density at radius 2 is 2.23 bits per heavy atom. The third-order valence-electron chi connectivity index (χ3n) is 1.85. The molecule has 0 aliphatic rings. The van der Waals surface area contributed by atoms with Crippen LogP contribution in [0.1, 0.15) is 5.56 Å². The summed E-state index contributed by atoms with van der Waals surface area (Å²) in [6.07, 6.45) is 3.60. The van der Waals surface area contributed by atoms with Crippen molar-refractivity contribution >= 4 is 11.6 Å². The van der Waals surface area contributed by atoms with Crippen LogP contribution in [0.5, 0.6) is 0 Å². The second-order valence-electron chi connectivity index (χ2n) is 2.91. The van der Waals surface area contributed by atoms with Crippen molar-refractivity contribution in [2.75, 3.05) is 0 Å². The fourth-order valence-corrected chi connectivity index (χ4v) is 1.53. The van der Waals surface area contributed by atoms with Gasteiger partial charge in [0.1, 0.15) is 0 Å². The van der Waals surface area contributed by atoms with Crippen LogP contribution in [0.3, 0.4) is 0 Å². The maximum absolute atomic E-state index is 6.06. The van der Waals surface area contributed by atoms with E-state index < -0.39 is 0 Å². The SMILES string of the molecule is Cc1ccc(-n2cccn2)c(Cl)c1. The molecule has 0 fully saturated rings. The summed E-state index contributed by atoms with van der Waals surface area (Å²) in [6.45, 7) is 2.01. The molecule has 0 spiro atoms. The molecule has 0 aliphatic carbocycles. The molecule has 2 rings (SSSR count). The second kappa shape index (κ2) is 3.23. The fraction of sp³-hybridized carbons (Fsp3) is 0.100. The van der Waals surface area contributed by atoms with Gasteiger partial charge in [0, 0.05) is 12.4 Å². The van der Waals surface area contributed by atoms with Crippen molar-refractivity contribution in [1.82, 2.24) is 9.78 Å². The molecule has 0 aliphatic heterocycles. The van der Waals surface area contributed by atoms with Crippen molar-refractivity contribution in [1.29, 1.82) is 0 Å². The first-order valence-electron chi connectivity index (χ1n) is 4.03. The molecule has 0 radical (unpaired) electrons. The number of benzene rings is 1. The van der Waals surface area contributed by atoms with Gasteiger partial charge in [-0.15, -0.1) is 0 Å². The lowest BCUT2D eigenvalue weighted by atomic mass is 10.2. The van der Waals surface area contributed by atoms with E-state index in [0.717, 1.165) is 16.3 Å². The Labute approximate surface area is 81.8 Å². The zero-order valence-corrected chi connectivity index (χ0v) is 7.99. The highest BCUT2D eigenvalue weighted by Gasteiger charge is 2.01. The van der Waals surface area contributed by atoms with E-state index in [2.05, 4.69) is 5.10 Å². The van der Waals surface area contributed by atoms with Crippen LogP contribution in [0, 0.1) is 6.92 Å². The number of rotatable bonds is 1. The highest BCUT2D eigenvalue weighted by molar-refractivity contribution is 6.32. The van der Waals surface area contributed by atoms with Gasteiger partial charge < -0.3 is 0 Å². The average molecular weight is 193 g/mol. The summed E-state index contributed by atoms with van der Waals surface area (Å²) < 4.78 is 1.75. The molecule has 0 amide bonds. The summed E-state index contributed by atoms with van der Waals surface area (Å²) >= 11 is 6.06. The average Bonchev–Trinajstić information content (AvgIpc) is 2.56. The molecule has 1 aromatic heterocycles. The van der Waals surface area contributed by atoms with Crippen molar-refractivity contribution in [3.63, 3.8) is 0 Å². The zero-order valence-electron chi connectivity index (χ0n) is 7.24. The van der Waals surface area contributed by atoms with E-state index in [-0.39, 0.29) is 0 Å². The zero-order chi connectivity index (χ0) is 9.26. The number of hydrogen-bond acceptors (Lipinski definition) is 1. The molecule has 1 heterocycles. The van der Waals surface area contributed by atoms with Gasteiger partial charge in [-0.2, -0.15) is 5.10 Å². The Hall–Kier alpha value is -1.28. The molecule has 0 saturated heterocycles. The number of aryl methyl sites for hydroxylation is 1. The maximum Gasteiger partial charge on any atom is 0.0831 e. The minimum atomic E-state index is 0.726. The van der Waals surface area contributed by atoms with Gasteiger partial charge in [-0.05, 0) is 30.7 Å². The number of nitrogens with zero attached hydrogens (tertiary/aromatic N) is 2. The van der Waals surface area contributed by atoms with Crippen LogP contribution < -0.4 is 0 Å². The Morgan fingerprint density at radius 3 is 2.85 bits per heavy atom. The molecule has 13 heavy (non-hydrogen) atoms. The van der Waals surface area contributed by atoms with Crippen molar-refractivity contribution in [2.24, 2.45) is 0 Å². The Balaban J connectivity index is 2.53.